The zero-order chi connectivity index (χ0) is 6.57. The van der Waals surface area contributed by atoms with Crippen LogP contribution in [0.15, 0.2) is 17.0 Å². The van der Waals surface area contributed by atoms with Gasteiger partial charge in [-0.15, -0.1) is 0 Å². The SMILES string of the molecule is CC(C)=N/C=C(/C)O. The Morgan fingerprint density at radius 1 is 1.38 bits per heavy atom. The van der Waals surface area contributed by atoms with Crippen molar-refractivity contribution in [2.45, 2.75) is 20.8 Å². The van der Waals surface area contributed by atoms with Crippen molar-refractivity contribution in [2.75, 3.05) is 0 Å². The van der Waals surface area contributed by atoms with E-state index in [1.165, 1.54) is 6.20 Å². The average molecular weight is 113 g/mol. The summed E-state index contributed by atoms with van der Waals surface area (Å²) in [6.45, 7) is 5.34. The lowest BCUT2D eigenvalue weighted by Crippen LogP contribution is -1.77. The Bertz CT molecular complexity index is 100. The Morgan fingerprint density at radius 3 is 2.00 bits per heavy atom. The maximum Gasteiger partial charge on any atom is 0.107 e. The summed E-state index contributed by atoms with van der Waals surface area (Å²) in [4.78, 5) is 3.83. The van der Waals surface area contributed by atoms with Gasteiger partial charge in [0, 0.05) is 5.71 Å². The largest absolute Gasteiger partial charge is 0.511 e. The van der Waals surface area contributed by atoms with E-state index < -0.39 is 0 Å². The summed E-state index contributed by atoms with van der Waals surface area (Å²) in [6, 6.07) is 0. The molecular formula is C6H11NO. The van der Waals surface area contributed by atoms with Gasteiger partial charge < -0.3 is 5.11 Å². The van der Waals surface area contributed by atoms with Crippen LogP contribution in [0.4, 0.5) is 0 Å². The van der Waals surface area contributed by atoms with Gasteiger partial charge in [-0.3, -0.25) is 4.99 Å². The maximum atomic E-state index is 8.56. The van der Waals surface area contributed by atoms with Crippen molar-refractivity contribution in [3.05, 3.63) is 12.0 Å². The standard InChI is InChI=1S/C6H11NO/c1-5(2)7-4-6(3)8/h4,8H,1-3H3/b6-4-. The monoisotopic (exact) mass is 113 g/mol. The highest BCUT2D eigenvalue weighted by Crippen LogP contribution is 1.85. The van der Waals surface area contributed by atoms with Crippen molar-refractivity contribution in [3.8, 4) is 0 Å². The van der Waals surface area contributed by atoms with Crippen molar-refractivity contribution in [2.24, 2.45) is 4.99 Å². The van der Waals surface area contributed by atoms with E-state index in [1.54, 1.807) is 6.92 Å². The average Bonchev–Trinajstić information content (AvgIpc) is 1.61. The molecule has 0 aliphatic carbocycles. The number of aliphatic hydroxyl groups is 1. The fourth-order valence-corrected chi connectivity index (χ4v) is 0.223. The first-order valence-corrected chi connectivity index (χ1v) is 2.49. The van der Waals surface area contributed by atoms with Crippen molar-refractivity contribution in [1.82, 2.24) is 0 Å². The van der Waals surface area contributed by atoms with Crippen LogP contribution >= 0.6 is 0 Å². The molecular weight excluding hydrogens is 102 g/mol. The lowest BCUT2D eigenvalue weighted by molar-refractivity contribution is 0.412. The minimum Gasteiger partial charge on any atom is -0.511 e. The van der Waals surface area contributed by atoms with Crippen molar-refractivity contribution in [3.63, 3.8) is 0 Å². The molecule has 0 heterocycles. The van der Waals surface area contributed by atoms with Crippen LogP contribution in [0, 0.1) is 0 Å². The van der Waals surface area contributed by atoms with Crippen molar-refractivity contribution >= 4 is 5.71 Å². The lowest BCUT2D eigenvalue weighted by Gasteiger charge is -1.83. The van der Waals surface area contributed by atoms with Gasteiger partial charge in [-0.1, -0.05) is 0 Å². The molecule has 0 fully saturated rings. The molecule has 0 rings (SSSR count). The number of aliphatic imine (C=N–C) groups is 1. The summed E-state index contributed by atoms with van der Waals surface area (Å²) in [5, 5.41) is 8.56. The Kier molecular flexibility index (Phi) is 2.92. The fourth-order valence-electron chi connectivity index (χ4n) is 0.223. The van der Waals surface area contributed by atoms with E-state index in [9.17, 15) is 0 Å². The second kappa shape index (κ2) is 3.24. The molecule has 0 aliphatic heterocycles. The number of aliphatic hydroxyl groups excluding tert-OH is 1. The van der Waals surface area contributed by atoms with E-state index >= 15 is 0 Å². The normalized spacial score (nSPS) is 11.1. The zero-order valence-electron chi connectivity index (χ0n) is 5.47. The highest BCUT2D eigenvalue weighted by Gasteiger charge is 1.74. The molecule has 1 N–H and O–H groups in total. The molecule has 0 aliphatic rings. The lowest BCUT2D eigenvalue weighted by atomic mass is 10.5. The molecule has 8 heavy (non-hydrogen) atoms. The smallest absolute Gasteiger partial charge is 0.107 e. The first kappa shape index (κ1) is 7.21. The molecule has 0 saturated carbocycles. The van der Waals surface area contributed by atoms with Gasteiger partial charge in [-0.2, -0.15) is 0 Å². The second-order valence-electron chi connectivity index (χ2n) is 1.85. The summed E-state index contributed by atoms with van der Waals surface area (Å²) in [6.07, 6.45) is 1.43. The van der Waals surface area contributed by atoms with Crippen LogP contribution in [-0.4, -0.2) is 10.8 Å². The topological polar surface area (TPSA) is 32.6 Å². The molecule has 0 aromatic heterocycles. The Balaban J connectivity index is 3.76. The Hall–Kier alpha value is -0.790. The van der Waals surface area contributed by atoms with Gasteiger partial charge in [0.25, 0.3) is 0 Å². The van der Waals surface area contributed by atoms with Gasteiger partial charge in [0.05, 0.1) is 6.20 Å². The molecule has 46 valence electrons. The van der Waals surface area contributed by atoms with E-state index in [4.69, 9.17) is 5.11 Å². The molecule has 2 nitrogen and oxygen atoms in total. The first-order valence-electron chi connectivity index (χ1n) is 2.49. The van der Waals surface area contributed by atoms with E-state index in [2.05, 4.69) is 4.99 Å². The van der Waals surface area contributed by atoms with Gasteiger partial charge in [-0.05, 0) is 20.8 Å². The molecule has 0 spiro atoms. The highest BCUT2D eigenvalue weighted by atomic mass is 16.3. The van der Waals surface area contributed by atoms with Crippen LogP contribution in [0.5, 0.6) is 0 Å². The third-order valence-electron chi connectivity index (χ3n) is 0.510. The third kappa shape index (κ3) is 5.21. The van der Waals surface area contributed by atoms with Gasteiger partial charge in [0.15, 0.2) is 0 Å². The molecule has 2 heteroatoms. The summed E-state index contributed by atoms with van der Waals surface area (Å²) < 4.78 is 0. The third-order valence-corrected chi connectivity index (χ3v) is 0.510. The van der Waals surface area contributed by atoms with Crippen LogP contribution in [0.3, 0.4) is 0 Å². The van der Waals surface area contributed by atoms with E-state index in [1.807, 2.05) is 13.8 Å². The minimum atomic E-state index is 0.242. The summed E-state index contributed by atoms with van der Waals surface area (Å²) in [5.41, 5.74) is 0.943. The number of hydrogen-bond acceptors (Lipinski definition) is 2. The molecule has 0 amide bonds. The fraction of sp³-hybridized carbons (Fsp3) is 0.500. The molecule has 0 bridgehead atoms. The van der Waals surface area contributed by atoms with Gasteiger partial charge in [-0.25, -0.2) is 0 Å². The molecule has 0 atom stereocenters. The Labute approximate surface area is 49.6 Å². The van der Waals surface area contributed by atoms with E-state index in [0.717, 1.165) is 5.71 Å². The Morgan fingerprint density at radius 2 is 1.88 bits per heavy atom. The molecule has 0 aromatic rings. The van der Waals surface area contributed by atoms with Crippen LogP contribution < -0.4 is 0 Å². The van der Waals surface area contributed by atoms with Crippen LogP contribution in [0.25, 0.3) is 0 Å². The number of rotatable bonds is 1. The maximum absolute atomic E-state index is 8.56. The van der Waals surface area contributed by atoms with Crippen molar-refractivity contribution < 1.29 is 5.11 Å². The van der Waals surface area contributed by atoms with E-state index in [0.29, 0.717) is 0 Å². The summed E-state index contributed by atoms with van der Waals surface area (Å²) in [5.74, 6) is 0.242. The summed E-state index contributed by atoms with van der Waals surface area (Å²) >= 11 is 0. The number of allylic oxidation sites excluding steroid dienone is 1. The van der Waals surface area contributed by atoms with Crippen LogP contribution in [0.1, 0.15) is 20.8 Å². The molecule has 0 aromatic carbocycles. The van der Waals surface area contributed by atoms with Gasteiger partial charge in [0.2, 0.25) is 0 Å². The van der Waals surface area contributed by atoms with Crippen LogP contribution in [-0.2, 0) is 0 Å². The van der Waals surface area contributed by atoms with Crippen molar-refractivity contribution in [1.29, 1.82) is 0 Å². The quantitative estimate of drug-likeness (QED) is 0.408. The first-order chi connectivity index (χ1) is 3.63. The second-order valence-corrected chi connectivity index (χ2v) is 1.85. The number of hydrogen-bond donors (Lipinski definition) is 1. The zero-order valence-corrected chi connectivity index (χ0v) is 5.47. The number of nitrogens with zero attached hydrogens (tertiary/aromatic N) is 1. The molecule has 0 unspecified atom stereocenters. The predicted octanol–water partition coefficient (Wildman–Crippen LogP) is 1.89. The van der Waals surface area contributed by atoms with Gasteiger partial charge >= 0.3 is 0 Å². The summed E-state index contributed by atoms with van der Waals surface area (Å²) in [7, 11) is 0. The molecule has 0 saturated heterocycles. The highest BCUT2D eigenvalue weighted by molar-refractivity contribution is 5.79. The molecule has 0 radical (unpaired) electrons. The van der Waals surface area contributed by atoms with Crippen LogP contribution in [0.2, 0.25) is 0 Å². The van der Waals surface area contributed by atoms with Gasteiger partial charge in [0.1, 0.15) is 5.76 Å². The predicted molar refractivity (Wildman–Crippen MR) is 35.2 cm³/mol. The minimum absolute atomic E-state index is 0.242. The van der Waals surface area contributed by atoms with E-state index in [-0.39, 0.29) is 5.76 Å².